The Bertz CT molecular complexity index is 698. The number of pyridine rings is 1. The fourth-order valence-corrected chi connectivity index (χ4v) is 3.88. The van der Waals surface area contributed by atoms with Crippen LogP contribution in [0.15, 0.2) is 30.7 Å². The first-order valence-corrected chi connectivity index (χ1v) is 13.1. The molecule has 0 fully saturated rings. The van der Waals surface area contributed by atoms with Crippen molar-refractivity contribution in [3.63, 3.8) is 0 Å². The number of hydrogen-bond donors (Lipinski definition) is 0. The molecule has 0 aromatic carbocycles. The van der Waals surface area contributed by atoms with Gasteiger partial charge < -0.3 is 4.74 Å². The summed E-state index contributed by atoms with van der Waals surface area (Å²) in [7, 11) is 0. The zero-order chi connectivity index (χ0) is 22.9. The van der Waals surface area contributed by atoms with Gasteiger partial charge in [-0.15, -0.1) is 0 Å². The Morgan fingerprint density at radius 2 is 1.38 bits per heavy atom. The van der Waals surface area contributed by atoms with Crippen LogP contribution in [0.4, 0.5) is 0 Å². The highest BCUT2D eigenvalue weighted by Gasteiger charge is 2.04. The van der Waals surface area contributed by atoms with E-state index < -0.39 is 0 Å². The third-order valence-corrected chi connectivity index (χ3v) is 5.94. The monoisotopic (exact) mass is 439 g/mol. The molecule has 0 atom stereocenters. The fourth-order valence-electron chi connectivity index (χ4n) is 3.88. The summed E-state index contributed by atoms with van der Waals surface area (Å²) in [5, 5.41) is 0. The van der Waals surface area contributed by atoms with E-state index in [0.29, 0.717) is 5.82 Å². The van der Waals surface area contributed by atoms with Gasteiger partial charge in [0.1, 0.15) is 0 Å². The van der Waals surface area contributed by atoms with E-state index in [1.54, 1.807) is 12.4 Å². The lowest BCUT2D eigenvalue weighted by Crippen LogP contribution is -1.99. The molecule has 2 rings (SSSR count). The number of unbranched alkanes of at least 4 members (excludes halogenated alkanes) is 10. The Morgan fingerprint density at radius 3 is 2.03 bits per heavy atom. The van der Waals surface area contributed by atoms with Crippen LogP contribution < -0.4 is 4.74 Å². The van der Waals surface area contributed by atoms with Crippen molar-refractivity contribution in [2.45, 2.75) is 111 Å². The van der Waals surface area contributed by atoms with Crippen molar-refractivity contribution >= 4 is 0 Å². The van der Waals surface area contributed by atoms with Crippen LogP contribution in [-0.4, -0.2) is 21.6 Å². The quantitative estimate of drug-likeness (QED) is 0.220. The molecule has 0 saturated heterocycles. The van der Waals surface area contributed by atoms with E-state index >= 15 is 0 Å². The number of aromatic nitrogens is 3. The Kier molecular flexibility index (Phi) is 13.7. The maximum atomic E-state index is 5.81. The highest BCUT2D eigenvalue weighted by atomic mass is 16.5. The van der Waals surface area contributed by atoms with E-state index in [4.69, 9.17) is 4.74 Å². The lowest BCUT2D eigenvalue weighted by atomic mass is 10.0. The number of aryl methyl sites for hydroxylation is 1. The Balaban J connectivity index is 1.60. The van der Waals surface area contributed by atoms with Gasteiger partial charge in [0.2, 0.25) is 0 Å². The average Bonchev–Trinajstić information content (AvgIpc) is 2.81. The molecule has 0 aliphatic carbocycles. The van der Waals surface area contributed by atoms with Crippen LogP contribution in [0, 0.1) is 5.92 Å². The van der Waals surface area contributed by atoms with Crippen molar-refractivity contribution in [2.24, 2.45) is 5.92 Å². The van der Waals surface area contributed by atoms with E-state index in [2.05, 4.69) is 47.9 Å². The molecule has 0 aliphatic heterocycles. The van der Waals surface area contributed by atoms with Crippen LogP contribution in [0.1, 0.15) is 110 Å². The van der Waals surface area contributed by atoms with Crippen molar-refractivity contribution in [1.82, 2.24) is 15.0 Å². The molecule has 32 heavy (non-hydrogen) atoms. The van der Waals surface area contributed by atoms with Crippen LogP contribution in [0.5, 0.6) is 5.75 Å². The third-order valence-electron chi connectivity index (χ3n) is 5.94. The molecular formula is C28H45N3O. The summed E-state index contributed by atoms with van der Waals surface area (Å²) in [6.45, 7) is 7.60. The second-order valence-electron chi connectivity index (χ2n) is 9.45. The third kappa shape index (κ3) is 11.6. The maximum absolute atomic E-state index is 5.81. The molecule has 0 N–H and O–H groups in total. The van der Waals surface area contributed by atoms with E-state index in [1.807, 2.05) is 6.20 Å². The van der Waals surface area contributed by atoms with Crippen LogP contribution >= 0.6 is 0 Å². The van der Waals surface area contributed by atoms with Gasteiger partial charge in [0.15, 0.2) is 11.6 Å². The summed E-state index contributed by atoms with van der Waals surface area (Å²) in [5.74, 6) is 2.29. The van der Waals surface area contributed by atoms with Crippen LogP contribution in [-0.2, 0) is 6.42 Å². The van der Waals surface area contributed by atoms with Crippen LogP contribution in [0.25, 0.3) is 11.4 Å². The summed E-state index contributed by atoms with van der Waals surface area (Å²) in [4.78, 5) is 13.5. The van der Waals surface area contributed by atoms with Gasteiger partial charge in [-0.05, 0) is 37.3 Å². The highest BCUT2D eigenvalue weighted by Crippen LogP contribution is 2.17. The number of rotatable bonds is 18. The molecule has 178 valence electrons. The minimum atomic E-state index is 0.706. The lowest BCUT2D eigenvalue weighted by Gasteiger charge is -2.07. The van der Waals surface area contributed by atoms with Crippen molar-refractivity contribution in [3.8, 4) is 17.1 Å². The normalized spacial score (nSPS) is 11.2. The SMILES string of the molecule is CCCCCCCCc1ccc(-c2ncc(OCCCCCCCCC(C)C)cn2)cn1. The van der Waals surface area contributed by atoms with Crippen molar-refractivity contribution in [3.05, 3.63) is 36.4 Å². The predicted octanol–water partition coefficient (Wildman–Crippen LogP) is 8.21. The molecule has 2 aromatic heterocycles. The highest BCUT2D eigenvalue weighted by molar-refractivity contribution is 5.53. The lowest BCUT2D eigenvalue weighted by molar-refractivity contribution is 0.302. The van der Waals surface area contributed by atoms with Crippen molar-refractivity contribution in [1.29, 1.82) is 0 Å². The van der Waals surface area contributed by atoms with E-state index in [0.717, 1.165) is 42.4 Å². The van der Waals surface area contributed by atoms with Crippen LogP contribution in [0.2, 0.25) is 0 Å². The first-order chi connectivity index (χ1) is 15.7. The zero-order valence-corrected chi connectivity index (χ0v) is 20.8. The van der Waals surface area contributed by atoms with Gasteiger partial charge in [0, 0.05) is 17.5 Å². The minimum Gasteiger partial charge on any atom is -0.490 e. The summed E-state index contributed by atoms with van der Waals surface area (Å²) < 4.78 is 5.81. The van der Waals surface area contributed by atoms with Gasteiger partial charge >= 0.3 is 0 Å². The molecule has 0 bridgehead atoms. The molecule has 0 radical (unpaired) electrons. The smallest absolute Gasteiger partial charge is 0.160 e. The Labute approximate surface area is 196 Å². The number of nitrogens with zero attached hydrogens (tertiary/aromatic N) is 3. The number of ether oxygens (including phenoxy) is 1. The fraction of sp³-hybridized carbons (Fsp3) is 0.679. The topological polar surface area (TPSA) is 47.9 Å². The maximum Gasteiger partial charge on any atom is 0.160 e. The molecule has 0 spiro atoms. The summed E-state index contributed by atoms with van der Waals surface area (Å²) in [6, 6.07) is 4.19. The largest absolute Gasteiger partial charge is 0.490 e. The first-order valence-electron chi connectivity index (χ1n) is 13.1. The van der Waals surface area contributed by atoms with E-state index in [9.17, 15) is 0 Å². The van der Waals surface area contributed by atoms with Gasteiger partial charge in [-0.25, -0.2) is 9.97 Å². The molecular weight excluding hydrogens is 394 g/mol. The van der Waals surface area contributed by atoms with Crippen molar-refractivity contribution in [2.75, 3.05) is 6.61 Å². The molecule has 4 nitrogen and oxygen atoms in total. The second kappa shape index (κ2) is 16.6. The average molecular weight is 440 g/mol. The minimum absolute atomic E-state index is 0.706. The predicted molar refractivity (Wildman–Crippen MR) is 135 cm³/mol. The second-order valence-corrected chi connectivity index (χ2v) is 9.45. The Hall–Kier alpha value is -1.97. The van der Waals surface area contributed by atoms with E-state index in [1.165, 1.54) is 77.0 Å². The van der Waals surface area contributed by atoms with Gasteiger partial charge in [-0.3, -0.25) is 4.98 Å². The van der Waals surface area contributed by atoms with Crippen molar-refractivity contribution < 1.29 is 4.74 Å². The van der Waals surface area contributed by atoms with Gasteiger partial charge in [-0.1, -0.05) is 91.4 Å². The van der Waals surface area contributed by atoms with Gasteiger partial charge in [0.05, 0.1) is 19.0 Å². The molecule has 0 saturated carbocycles. The van der Waals surface area contributed by atoms with Crippen LogP contribution in [0.3, 0.4) is 0 Å². The van der Waals surface area contributed by atoms with E-state index in [-0.39, 0.29) is 0 Å². The number of hydrogen-bond acceptors (Lipinski definition) is 4. The summed E-state index contributed by atoms with van der Waals surface area (Å²) in [5.41, 5.74) is 2.12. The molecule has 2 heterocycles. The molecule has 0 amide bonds. The van der Waals surface area contributed by atoms with Gasteiger partial charge in [-0.2, -0.15) is 0 Å². The standard InChI is InChI=1S/C28H45N3O/c1-4-5-6-7-11-14-17-26-19-18-25(21-29-26)28-30-22-27(23-31-28)32-20-15-12-9-8-10-13-16-24(2)3/h18-19,21-24H,4-17,20H2,1-3H3. The van der Waals surface area contributed by atoms with Gasteiger partial charge in [0.25, 0.3) is 0 Å². The molecule has 0 unspecified atom stereocenters. The molecule has 2 aromatic rings. The molecule has 0 aliphatic rings. The summed E-state index contributed by atoms with van der Waals surface area (Å²) >= 11 is 0. The Morgan fingerprint density at radius 1 is 0.719 bits per heavy atom. The molecule has 4 heteroatoms. The summed E-state index contributed by atoms with van der Waals surface area (Å²) in [6.07, 6.45) is 23.4. The zero-order valence-electron chi connectivity index (χ0n) is 20.8. The first kappa shape index (κ1) is 26.3.